The molecule has 0 saturated heterocycles. The summed E-state index contributed by atoms with van der Waals surface area (Å²) in [6, 6.07) is 4.44. The highest BCUT2D eigenvalue weighted by Crippen LogP contribution is 2.32. The van der Waals surface area contributed by atoms with E-state index in [1.807, 2.05) is 23.6 Å². The molecule has 1 atom stereocenters. The lowest BCUT2D eigenvalue weighted by Crippen LogP contribution is -2.46. The fraction of sp³-hybridized carbons (Fsp3) is 0.350. The molecule has 2 aromatic heterocycles. The summed E-state index contributed by atoms with van der Waals surface area (Å²) in [6.07, 6.45) is 3.10. The molecule has 4 rings (SSSR count). The zero-order valence-electron chi connectivity index (χ0n) is 15.8. The average molecular weight is 433 g/mol. The molecular weight excluding hydrogens is 412 g/mol. The number of carbonyl (C=O) groups is 3. The van der Waals surface area contributed by atoms with Gasteiger partial charge in [0.15, 0.2) is 0 Å². The van der Waals surface area contributed by atoms with E-state index >= 15 is 0 Å². The summed E-state index contributed by atoms with van der Waals surface area (Å²) in [6.45, 7) is 1.69. The molecule has 0 aromatic carbocycles. The third-order valence-corrected chi connectivity index (χ3v) is 6.93. The van der Waals surface area contributed by atoms with Crippen LogP contribution in [0.2, 0.25) is 0 Å². The van der Waals surface area contributed by atoms with Gasteiger partial charge in [0.05, 0.1) is 23.9 Å². The van der Waals surface area contributed by atoms with Crippen LogP contribution < -0.4 is 10.6 Å². The monoisotopic (exact) mass is 432 g/mol. The summed E-state index contributed by atoms with van der Waals surface area (Å²) >= 11 is 2.87. The summed E-state index contributed by atoms with van der Waals surface area (Å²) in [5, 5.41) is 7.21. The van der Waals surface area contributed by atoms with Crippen molar-refractivity contribution >= 4 is 40.6 Å². The first-order chi connectivity index (χ1) is 14.1. The van der Waals surface area contributed by atoms with Crippen molar-refractivity contribution in [3.8, 4) is 0 Å². The molecule has 0 radical (unpaired) electrons. The van der Waals surface area contributed by atoms with Gasteiger partial charge in [-0.1, -0.05) is 6.07 Å². The second-order valence-electron chi connectivity index (χ2n) is 6.65. The largest absolute Gasteiger partial charge is 0.463 e. The van der Waals surface area contributed by atoms with E-state index in [1.165, 1.54) is 33.1 Å². The normalized spacial score (nSPS) is 18.1. The number of nitrogens with one attached hydrogen (secondary N) is 2. The van der Waals surface area contributed by atoms with Gasteiger partial charge in [-0.3, -0.25) is 0 Å². The van der Waals surface area contributed by atoms with Gasteiger partial charge < -0.3 is 20.1 Å². The van der Waals surface area contributed by atoms with Gasteiger partial charge >= 0.3 is 18.0 Å². The molecule has 0 bridgehead atoms. The Balaban J connectivity index is 1.58. The van der Waals surface area contributed by atoms with Crippen LogP contribution in [0.5, 0.6) is 0 Å². The molecule has 2 N–H and O–H groups in total. The number of esters is 2. The fourth-order valence-corrected chi connectivity index (χ4v) is 5.42. The minimum absolute atomic E-state index is 0.196. The quantitative estimate of drug-likeness (QED) is 0.683. The summed E-state index contributed by atoms with van der Waals surface area (Å²) in [5.74, 6) is -1.01. The van der Waals surface area contributed by atoms with E-state index in [4.69, 9.17) is 9.47 Å². The molecule has 152 valence electrons. The molecule has 3 heterocycles. The van der Waals surface area contributed by atoms with Crippen molar-refractivity contribution in [2.45, 2.75) is 32.2 Å². The van der Waals surface area contributed by atoms with Gasteiger partial charge in [-0.25, -0.2) is 14.4 Å². The second-order valence-corrected chi connectivity index (χ2v) is 8.76. The first kappa shape index (κ1) is 19.7. The van der Waals surface area contributed by atoms with E-state index in [-0.39, 0.29) is 24.5 Å². The van der Waals surface area contributed by atoms with Gasteiger partial charge in [-0.2, -0.15) is 0 Å². The molecule has 2 aliphatic rings. The second kappa shape index (κ2) is 8.38. The molecule has 0 saturated carbocycles. The number of carbonyl (C=O) groups excluding carboxylic acids is 3. The number of amides is 2. The molecule has 9 heteroatoms. The first-order valence-electron chi connectivity index (χ1n) is 9.36. The molecule has 0 unspecified atom stereocenters. The molecule has 1 aliphatic heterocycles. The van der Waals surface area contributed by atoms with Crippen molar-refractivity contribution in [3.63, 3.8) is 0 Å². The molecular formula is C20H20N2O5S2. The van der Waals surface area contributed by atoms with Crippen molar-refractivity contribution in [2.75, 3.05) is 13.2 Å². The number of thiophene rings is 2. The third-order valence-electron chi connectivity index (χ3n) is 4.77. The van der Waals surface area contributed by atoms with Crippen LogP contribution in [0.1, 0.15) is 44.4 Å². The SMILES string of the molecule is CCOC(=O)C1=C(COC(=O)c2cc3c(s2)CCC3)NC(=O)N[C@H]1c1cccs1. The Morgan fingerprint density at radius 1 is 1.24 bits per heavy atom. The van der Waals surface area contributed by atoms with Gasteiger partial charge in [0.25, 0.3) is 0 Å². The van der Waals surface area contributed by atoms with Crippen molar-refractivity contribution in [3.05, 3.63) is 55.0 Å². The molecule has 0 fully saturated rings. The maximum atomic E-state index is 12.6. The van der Waals surface area contributed by atoms with Gasteiger partial charge in [0, 0.05) is 9.75 Å². The fourth-order valence-electron chi connectivity index (χ4n) is 3.49. The molecule has 2 aromatic rings. The highest BCUT2D eigenvalue weighted by molar-refractivity contribution is 7.14. The van der Waals surface area contributed by atoms with E-state index in [2.05, 4.69) is 10.6 Å². The van der Waals surface area contributed by atoms with Crippen LogP contribution in [0, 0.1) is 0 Å². The molecule has 2 amide bonds. The van der Waals surface area contributed by atoms with E-state index in [0.717, 1.165) is 24.1 Å². The van der Waals surface area contributed by atoms with Gasteiger partial charge in [0.1, 0.15) is 11.5 Å². The topological polar surface area (TPSA) is 93.7 Å². The smallest absolute Gasteiger partial charge is 0.348 e. The highest BCUT2D eigenvalue weighted by atomic mass is 32.1. The highest BCUT2D eigenvalue weighted by Gasteiger charge is 2.35. The zero-order chi connectivity index (χ0) is 20.4. The Hall–Kier alpha value is -2.65. The lowest BCUT2D eigenvalue weighted by molar-refractivity contribution is -0.139. The van der Waals surface area contributed by atoms with E-state index in [0.29, 0.717) is 4.88 Å². The molecule has 29 heavy (non-hydrogen) atoms. The molecule has 0 spiro atoms. The van der Waals surface area contributed by atoms with E-state index in [9.17, 15) is 14.4 Å². The number of ether oxygens (including phenoxy) is 2. The predicted octanol–water partition coefficient (Wildman–Crippen LogP) is 3.33. The molecule has 7 nitrogen and oxygen atoms in total. The van der Waals surface area contributed by atoms with Crippen molar-refractivity contribution < 1.29 is 23.9 Å². The van der Waals surface area contributed by atoms with Gasteiger partial charge in [0.2, 0.25) is 0 Å². The minimum Gasteiger partial charge on any atom is -0.463 e. The Kier molecular flexibility index (Phi) is 5.68. The average Bonchev–Trinajstić information content (AvgIpc) is 3.42. The Bertz CT molecular complexity index is 956. The Morgan fingerprint density at radius 2 is 2.10 bits per heavy atom. The number of urea groups is 1. The number of fused-ring (bicyclic) bond motifs is 1. The standard InChI is InChI=1S/C20H20N2O5S2/c1-2-26-19(24)16-12(21-20(25)22-17(16)14-7-4-8-28-14)10-27-18(23)15-9-11-5-3-6-13(11)29-15/h4,7-9,17H,2-3,5-6,10H2,1H3,(H2,21,22,25)/t17-/m0/s1. The summed E-state index contributed by atoms with van der Waals surface area (Å²) in [5.41, 5.74) is 1.69. The summed E-state index contributed by atoms with van der Waals surface area (Å²) < 4.78 is 10.6. The Morgan fingerprint density at radius 3 is 2.83 bits per heavy atom. The number of rotatable bonds is 6. The molecule has 1 aliphatic carbocycles. The first-order valence-corrected chi connectivity index (χ1v) is 11.1. The van der Waals surface area contributed by atoms with Crippen LogP contribution in [0.15, 0.2) is 34.8 Å². The van der Waals surface area contributed by atoms with Crippen molar-refractivity contribution in [2.24, 2.45) is 0 Å². The Labute approximate surface area is 175 Å². The van der Waals surface area contributed by atoms with Crippen LogP contribution in [-0.2, 0) is 27.1 Å². The van der Waals surface area contributed by atoms with Crippen LogP contribution in [0.25, 0.3) is 0 Å². The van der Waals surface area contributed by atoms with Crippen molar-refractivity contribution in [1.82, 2.24) is 10.6 Å². The predicted molar refractivity (Wildman–Crippen MR) is 109 cm³/mol. The van der Waals surface area contributed by atoms with Gasteiger partial charge in [-0.15, -0.1) is 22.7 Å². The zero-order valence-corrected chi connectivity index (χ0v) is 17.4. The van der Waals surface area contributed by atoms with Crippen LogP contribution in [0.4, 0.5) is 4.79 Å². The number of aryl methyl sites for hydroxylation is 2. The maximum absolute atomic E-state index is 12.6. The minimum atomic E-state index is -0.651. The lowest BCUT2D eigenvalue weighted by atomic mass is 10.0. The van der Waals surface area contributed by atoms with Crippen molar-refractivity contribution in [1.29, 1.82) is 0 Å². The number of hydrogen-bond donors (Lipinski definition) is 2. The van der Waals surface area contributed by atoms with Crippen LogP contribution in [-0.4, -0.2) is 31.2 Å². The van der Waals surface area contributed by atoms with Crippen LogP contribution >= 0.6 is 22.7 Å². The third kappa shape index (κ3) is 4.06. The van der Waals surface area contributed by atoms with Gasteiger partial charge in [-0.05, 0) is 49.3 Å². The summed E-state index contributed by atoms with van der Waals surface area (Å²) in [7, 11) is 0. The maximum Gasteiger partial charge on any atom is 0.348 e. The number of hydrogen-bond acceptors (Lipinski definition) is 7. The van der Waals surface area contributed by atoms with Crippen LogP contribution in [0.3, 0.4) is 0 Å². The summed E-state index contributed by atoms with van der Waals surface area (Å²) in [4.78, 5) is 39.9. The van der Waals surface area contributed by atoms with E-state index in [1.54, 1.807) is 6.92 Å². The van der Waals surface area contributed by atoms with E-state index < -0.39 is 24.0 Å². The lowest BCUT2D eigenvalue weighted by Gasteiger charge is -2.28.